The summed E-state index contributed by atoms with van der Waals surface area (Å²) in [7, 11) is 3.76. The number of carbonyl (C=O) groups is 1. The molecule has 2 aromatic heterocycles. The Hall–Kier alpha value is -2.41. The number of hydrogen-bond donors (Lipinski definition) is 0. The fourth-order valence-electron chi connectivity index (χ4n) is 3.85. The van der Waals surface area contributed by atoms with Crippen LogP contribution in [0.25, 0.3) is 10.2 Å². The number of aromatic nitrogens is 3. The van der Waals surface area contributed by atoms with Crippen LogP contribution in [0.5, 0.6) is 0 Å². The van der Waals surface area contributed by atoms with Gasteiger partial charge in [-0.2, -0.15) is 0 Å². The lowest BCUT2D eigenvalue weighted by atomic mass is 10.0. The minimum absolute atomic E-state index is 0.0412. The summed E-state index contributed by atoms with van der Waals surface area (Å²) in [5.41, 5.74) is 4.27. The molecule has 27 heavy (non-hydrogen) atoms. The van der Waals surface area contributed by atoms with E-state index in [1.54, 1.807) is 28.4 Å². The number of amides is 1. The van der Waals surface area contributed by atoms with Gasteiger partial charge in [0.1, 0.15) is 5.69 Å². The van der Waals surface area contributed by atoms with Crippen molar-refractivity contribution in [2.24, 2.45) is 7.05 Å². The molecule has 0 spiro atoms. The summed E-state index contributed by atoms with van der Waals surface area (Å²) in [5.74, 6) is 0.0412. The van der Waals surface area contributed by atoms with Crippen molar-refractivity contribution >= 4 is 32.6 Å². The van der Waals surface area contributed by atoms with E-state index >= 15 is 0 Å². The van der Waals surface area contributed by atoms with Crippen molar-refractivity contribution in [1.29, 1.82) is 0 Å². The van der Waals surface area contributed by atoms with Gasteiger partial charge >= 0.3 is 0 Å². The molecule has 4 rings (SSSR count). The van der Waals surface area contributed by atoms with Crippen LogP contribution in [0.4, 0.5) is 5.13 Å². The number of imidazole rings is 1. The second-order valence-electron chi connectivity index (χ2n) is 7.45. The number of thiazole rings is 1. The Kier molecular flexibility index (Phi) is 4.63. The maximum atomic E-state index is 12.7. The first-order valence-electron chi connectivity index (χ1n) is 9.30. The van der Waals surface area contributed by atoms with Crippen LogP contribution in [0, 0.1) is 13.8 Å². The molecule has 1 aromatic carbocycles. The van der Waals surface area contributed by atoms with E-state index in [2.05, 4.69) is 35.9 Å². The molecule has 1 saturated heterocycles. The number of fused-ring (bicyclic) bond motifs is 1. The average molecular weight is 384 g/mol. The number of anilines is 1. The Labute approximate surface area is 163 Å². The summed E-state index contributed by atoms with van der Waals surface area (Å²) in [4.78, 5) is 25.9. The lowest BCUT2D eigenvalue weighted by Crippen LogP contribution is -2.46. The van der Waals surface area contributed by atoms with Crippen LogP contribution in [-0.2, 0) is 7.05 Å². The van der Waals surface area contributed by atoms with E-state index in [9.17, 15) is 4.79 Å². The molecule has 0 atom stereocenters. The molecule has 1 aliphatic rings. The molecular formula is C20H25N5OS. The van der Waals surface area contributed by atoms with Gasteiger partial charge in [-0.25, -0.2) is 9.97 Å². The lowest BCUT2D eigenvalue weighted by molar-refractivity contribution is 0.0699. The Bertz CT molecular complexity index is 984. The summed E-state index contributed by atoms with van der Waals surface area (Å²) in [6, 6.07) is 4.66. The van der Waals surface area contributed by atoms with E-state index in [0.29, 0.717) is 5.69 Å². The van der Waals surface area contributed by atoms with E-state index in [0.717, 1.165) is 36.6 Å². The predicted octanol–water partition coefficient (Wildman–Crippen LogP) is 3.39. The maximum Gasteiger partial charge on any atom is 0.272 e. The Morgan fingerprint density at radius 1 is 1.26 bits per heavy atom. The third-order valence-corrected chi connectivity index (χ3v) is 6.52. The standard InChI is InChI=1S/C20H25N5OS/c1-13-9-14(2)18-17(10-13)27-20(22-18)25-7-5-15(6-8-25)24(4)19(26)16-11-21-12-23(16)3/h9-12,15H,5-8H2,1-4H3. The number of nitrogens with zero attached hydrogens (tertiary/aromatic N) is 5. The second kappa shape index (κ2) is 6.96. The monoisotopic (exact) mass is 383 g/mol. The lowest BCUT2D eigenvalue weighted by Gasteiger charge is -2.36. The summed E-state index contributed by atoms with van der Waals surface area (Å²) >= 11 is 1.77. The first kappa shape index (κ1) is 18.0. The van der Waals surface area contributed by atoms with Crippen molar-refractivity contribution in [3.63, 3.8) is 0 Å². The highest BCUT2D eigenvalue weighted by Crippen LogP contribution is 2.33. The van der Waals surface area contributed by atoms with Crippen LogP contribution in [-0.4, -0.2) is 51.5 Å². The SMILES string of the molecule is Cc1cc(C)c2nc(N3CCC(N(C)C(=O)c4cncn4C)CC3)sc2c1. The molecule has 1 aliphatic heterocycles. The number of benzene rings is 1. The van der Waals surface area contributed by atoms with Gasteiger partial charge in [0.25, 0.3) is 5.91 Å². The predicted molar refractivity (Wildman–Crippen MR) is 110 cm³/mol. The van der Waals surface area contributed by atoms with Gasteiger partial charge in [-0.1, -0.05) is 17.4 Å². The van der Waals surface area contributed by atoms with Crippen LogP contribution in [0.15, 0.2) is 24.7 Å². The maximum absolute atomic E-state index is 12.7. The summed E-state index contributed by atoms with van der Waals surface area (Å²) in [5, 5.41) is 1.10. The van der Waals surface area contributed by atoms with Crippen molar-refractivity contribution in [2.75, 3.05) is 25.0 Å². The molecule has 1 fully saturated rings. The first-order valence-corrected chi connectivity index (χ1v) is 10.1. The Morgan fingerprint density at radius 2 is 2.00 bits per heavy atom. The minimum Gasteiger partial charge on any atom is -0.348 e. The molecule has 0 saturated carbocycles. The van der Waals surface area contributed by atoms with Gasteiger partial charge in [-0.05, 0) is 43.9 Å². The zero-order valence-corrected chi connectivity index (χ0v) is 17.1. The molecule has 0 radical (unpaired) electrons. The molecule has 7 heteroatoms. The highest BCUT2D eigenvalue weighted by Gasteiger charge is 2.28. The third kappa shape index (κ3) is 3.32. The number of piperidine rings is 1. The van der Waals surface area contributed by atoms with Gasteiger partial charge in [0.2, 0.25) is 0 Å². The third-order valence-electron chi connectivity index (χ3n) is 5.46. The topological polar surface area (TPSA) is 54.3 Å². The van der Waals surface area contributed by atoms with Gasteiger partial charge in [0.15, 0.2) is 5.13 Å². The quantitative estimate of drug-likeness (QED) is 0.696. The van der Waals surface area contributed by atoms with Gasteiger partial charge in [-0.3, -0.25) is 4.79 Å². The van der Waals surface area contributed by atoms with Crippen molar-refractivity contribution in [3.05, 3.63) is 41.5 Å². The van der Waals surface area contributed by atoms with Crippen LogP contribution in [0.2, 0.25) is 0 Å². The molecule has 3 heterocycles. The van der Waals surface area contributed by atoms with Crippen LogP contribution < -0.4 is 4.90 Å². The molecule has 6 nitrogen and oxygen atoms in total. The van der Waals surface area contributed by atoms with E-state index in [-0.39, 0.29) is 11.9 Å². The highest BCUT2D eigenvalue weighted by atomic mass is 32.1. The van der Waals surface area contributed by atoms with E-state index in [1.165, 1.54) is 15.8 Å². The summed E-state index contributed by atoms with van der Waals surface area (Å²) in [6.45, 7) is 6.10. The van der Waals surface area contributed by atoms with Gasteiger partial charge in [0, 0.05) is 33.2 Å². The summed E-state index contributed by atoms with van der Waals surface area (Å²) in [6.07, 6.45) is 5.21. The van der Waals surface area contributed by atoms with Crippen molar-refractivity contribution < 1.29 is 4.79 Å². The molecule has 0 unspecified atom stereocenters. The number of carbonyl (C=O) groups excluding carboxylic acids is 1. The number of hydrogen-bond acceptors (Lipinski definition) is 5. The fourth-order valence-corrected chi connectivity index (χ4v) is 5.04. The largest absolute Gasteiger partial charge is 0.348 e. The van der Waals surface area contributed by atoms with E-state index in [1.807, 2.05) is 19.0 Å². The summed E-state index contributed by atoms with van der Waals surface area (Å²) < 4.78 is 3.03. The zero-order chi connectivity index (χ0) is 19.1. The van der Waals surface area contributed by atoms with E-state index in [4.69, 9.17) is 4.98 Å². The smallest absolute Gasteiger partial charge is 0.272 e. The van der Waals surface area contributed by atoms with Crippen LogP contribution >= 0.6 is 11.3 Å². The van der Waals surface area contributed by atoms with Gasteiger partial charge in [0.05, 0.1) is 22.7 Å². The highest BCUT2D eigenvalue weighted by molar-refractivity contribution is 7.22. The first-order chi connectivity index (χ1) is 12.9. The number of rotatable bonds is 3. The molecule has 142 valence electrons. The molecule has 3 aromatic rings. The molecule has 0 aliphatic carbocycles. The molecular weight excluding hydrogens is 358 g/mol. The van der Waals surface area contributed by atoms with Crippen LogP contribution in [0.1, 0.15) is 34.5 Å². The van der Waals surface area contributed by atoms with Gasteiger partial charge in [-0.15, -0.1) is 0 Å². The Balaban J connectivity index is 1.45. The molecule has 0 N–H and O–H groups in total. The second-order valence-corrected chi connectivity index (χ2v) is 8.46. The van der Waals surface area contributed by atoms with Crippen LogP contribution in [0.3, 0.4) is 0 Å². The number of aryl methyl sites for hydroxylation is 3. The zero-order valence-electron chi connectivity index (χ0n) is 16.3. The fraction of sp³-hybridized carbons (Fsp3) is 0.450. The minimum atomic E-state index is 0.0412. The van der Waals surface area contributed by atoms with Crippen molar-refractivity contribution in [1.82, 2.24) is 19.4 Å². The molecule has 1 amide bonds. The van der Waals surface area contributed by atoms with E-state index < -0.39 is 0 Å². The molecule has 0 bridgehead atoms. The average Bonchev–Trinajstić information content (AvgIpc) is 3.27. The van der Waals surface area contributed by atoms with Crippen molar-refractivity contribution in [3.8, 4) is 0 Å². The Morgan fingerprint density at radius 3 is 2.67 bits per heavy atom. The normalized spacial score (nSPS) is 15.5. The van der Waals surface area contributed by atoms with Crippen molar-refractivity contribution in [2.45, 2.75) is 32.7 Å². The van der Waals surface area contributed by atoms with Gasteiger partial charge < -0.3 is 14.4 Å².